The van der Waals surface area contributed by atoms with Crippen LogP contribution in [0.25, 0.3) is 11.0 Å². The predicted octanol–water partition coefficient (Wildman–Crippen LogP) is 9.02. The molecule has 0 bridgehead atoms. The molecule has 0 fully saturated rings. The van der Waals surface area contributed by atoms with Crippen molar-refractivity contribution < 1.29 is 0 Å². The minimum absolute atomic E-state index is 0.504. The predicted molar refractivity (Wildman–Crippen MR) is 141 cm³/mol. The second kappa shape index (κ2) is 11.9. The summed E-state index contributed by atoms with van der Waals surface area (Å²) in [6.07, 6.45) is 15.2. The average molecular weight is 525 g/mol. The van der Waals surface area contributed by atoms with Gasteiger partial charge in [0.15, 0.2) is 0 Å². The number of halogens is 1. The van der Waals surface area contributed by atoms with Crippen LogP contribution in [0.15, 0.2) is 18.5 Å². The zero-order chi connectivity index (χ0) is 22.3. The van der Waals surface area contributed by atoms with E-state index in [0.717, 1.165) is 29.9 Å². The first-order valence-corrected chi connectivity index (χ1v) is 13.4. The van der Waals surface area contributed by atoms with E-state index in [2.05, 4.69) is 92.9 Å². The van der Waals surface area contributed by atoms with Crippen molar-refractivity contribution >= 4 is 33.6 Å². The lowest BCUT2D eigenvalue weighted by Gasteiger charge is -2.45. The van der Waals surface area contributed by atoms with E-state index in [1.165, 1.54) is 65.9 Å². The van der Waals surface area contributed by atoms with Crippen molar-refractivity contribution in [3.8, 4) is 0 Å². The zero-order valence-corrected chi connectivity index (χ0v) is 22.8. The number of nitrogens with zero attached hydrogens (tertiary/aromatic N) is 2. The standard InChI is InChI=1S/C27H45IN2/c1-20(2)27(21(3)4,22(5)6)15-13-11-9-8-10-12-14-16-30-19-25(28)24-17-23(7)18-29-26(24)30/h17-22H,8-16H2,1-7H3. The van der Waals surface area contributed by atoms with Gasteiger partial charge in [-0.25, -0.2) is 4.98 Å². The van der Waals surface area contributed by atoms with Crippen LogP contribution in [-0.4, -0.2) is 9.55 Å². The molecule has 0 aliphatic heterocycles. The molecule has 0 radical (unpaired) electrons. The van der Waals surface area contributed by atoms with E-state index < -0.39 is 0 Å². The van der Waals surface area contributed by atoms with Crippen LogP contribution in [0.1, 0.15) is 98.5 Å². The Bertz CT molecular complexity index is 751. The zero-order valence-electron chi connectivity index (χ0n) is 20.6. The molecule has 2 heterocycles. The number of aryl methyl sites for hydroxylation is 2. The fourth-order valence-electron chi connectivity index (χ4n) is 5.87. The molecular weight excluding hydrogens is 479 g/mol. The van der Waals surface area contributed by atoms with Gasteiger partial charge in [-0.2, -0.15) is 0 Å². The van der Waals surface area contributed by atoms with Crippen LogP contribution in [0.5, 0.6) is 0 Å². The van der Waals surface area contributed by atoms with Gasteiger partial charge in [0.1, 0.15) is 5.65 Å². The third kappa shape index (κ3) is 6.23. The summed E-state index contributed by atoms with van der Waals surface area (Å²) in [5.41, 5.74) is 2.89. The molecule has 30 heavy (non-hydrogen) atoms. The van der Waals surface area contributed by atoms with E-state index in [1.807, 2.05) is 6.20 Å². The first-order valence-electron chi connectivity index (χ1n) is 12.3. The quantitative estimate of drug-likeness (QED) is 0.189. The van der Waals surface area contributed by atoms with E-state index in [4.69, 9.17) is 0 Å². The fourth-order valence-corrected chi connectivity index (χ4v) is 6.60. The van der Waals surface area contributed by atoms with Gasteiger partial charge in [-0.15, -0.1) is 0 Å². The van der Waals surface area contributed by atoms with Crippen molar-refractivity contribution in [3.05, 3.63) is 27.6 Å². The highest BCUT2D eigenvalue weighted by Crippen LogP contribution is 2.47. The van der Waals surface area contributed by atoms with Gasteiger partial charge in [-0.1, -0.05) is 80.1 Å². The van der Waals surface area contributed by atoms with Crippen molar-refractivity contribution in [1.29, 1.82) is 0 Å². The largest absolute Gasteiger partial charge is 0.331 e. The molecule has 0 aliphatic rings. The summed E-state index contributed by atoms with van der Waals surface area (Å²) >= 11 is 2.44. The maximum Gasteiger partial charge on any atom is 0.140 e. The van der Waals surface area contributed by atoms with Gasteiger partial charge in [0, 0.05) is 27.9 Å². The topological polar surface area (TPSA) is 17.8 Å². The molecule has 170 valence electrons. The highest BCUT2D eigenvalue weighted by molar-refractivity contribution is 14.1. The molecule has 0 spiro atoms. The minimum atomic E-state index is 0.504. The number of hydrogen-bond donors (Lipinski definition) is 0. The number of aromatic nitrogens is 2. The molecule has 0 unspecified atom stereocenters. The molecule has 0 amide bonds. The van der Waals surface area contributed by atoms with Crippen LogP contribution in [0, 0.1) is 33.7 Å². The lowest BCUT2D eigenvalue weighted by molar-refractivity contribution is 0.0356. The van der Waals surface area contributed by atoms with E-state index in [1.54, 1.807) is 0 Å². The highest BCUT2D eigenvalue weighted by Gasteiger charge is 2.39. The summed E-state index contributed by atoms with van der Waals surface area (Å²) in [7, 11) is 0. The Kier molecular flexibility index (Phi) is 10.2. The summed E-state index contributed by atoms with van der Waals surface area (Å²) in [6, 6.07) is 2.26. The molecule has 2 rings (SSSR count). The fraction of sp³-hybridized carbons (Fsp3) is 0.741. The first-order chi connectivity index (χ1) is 14.2. The van der Waals surface area contributed by atoms with Gasteiger partial charge >= 0.3 is 0 Å². The SMILES string of the molecule is Cc1cnc2c(c1)c(I)cn2CCCCCCCCCC(C(C)C)(C(C)C)C(C)C. The van der Waals surface area contributed by atoms with E-state index >= 15 is 0 Å². The maximum absolute atomic E-state index is 4.67. The molecule has 2 aromatic rings. The van der Waals surface area contributed by atoms with Crippen molar-refractivity contribution in [2.24, 2.45) is 23.2 Å². The van der Waals surface area contributed by atoms with Crippen LogP contribution in [-0.2, 0) is 6.54 Å². The monoisotopic (exact) mass is 524 g/mol. The number of fused-ring (bicyclic) bond motifs is 1. The van der Waals surface area contributed by atoms with E-state index in [0.29, 0.717) is 5.41 Å². The van der Waals surface area contributed by atoms with Gasteiger partial charge in [-0.3, -0.25) is 0 Å². The van der Waals surface area contributed by atoms with Gasteiger partial charge in [0.2, 0.25) is 0 Å². The number of unbranched alkanes of at least 4 members (excludes halogenated alkanes) is 6. The van der Waals surface area contributed by atoms with E-state index in [-0.39, 0.29) is 0 Å². The molecule has 0 atom stereocenters. The molecule has 3 heteroatoms. The van der Waals surface area contributed by atoms with Crippen LogP contribution in [0.2, 0.25) is 0 Å². The highest BCUT2D eigenvalue weighted by atomic mass is 127. The number of hydrogen-bond acceptors (Lipinski definition) is 1. The molecular formula is C27H45IN2. The van der Waals surface area contributed by atoms with Crippen molar-refractivity contribution in [3.63, 3.8) is 0 Å². The molecule has 0 saturated heterocycles. The van der Waals surface area contributed by atoms with Crippen LogP contribution >= 0.6 is 22.6 Å². The van der Waals surface area contributed by atoms with Crippen LogP contribution in [0.4, 0.5) is 0 Å². The Balaban J connectivity index is 1.66. The second-order valence-corrected chi connectivity index (χ2v) is 11.5. The normalized spacial score (nSPS) is 12.8. The molecule has 0 aliphatic carbocycles. The molecule has 2 aromatic heterocycles. The summed E-state index contributed by atoms with van der Waals surface area (Å²) in [5, 5.41) is 1.30. The molecule has 0 aromatic carbocycles. The Morgan fingerprint density at radius 2 is 1.40 bits per heavy atom. The van der Waals surface area contributed by atoms with Crippen molar-refractivity contribution in [2.45, 2.75) is 106 Å². The Morgan fingerprint density at radius 3 is 1.97 bits per heavy atom. The molecule has 0 N–H and O–H groups in total. The average Bonchev–Trinajstić information content (AvgIpc) is 2.97. The van der Waals surface area contributed by atoms with Crippen molar-refractivity contribution in [1.82, 2.24) is 9.55 Å². The summed E-state index contributed by atoms with van der Waals surface area (Å²) in [5.74, 6) is 2.30. The smallest absolute Gasteiger partial charge is 0.140 e. The number of pyridine rings is 1. The summed E-state index contributed by atoms with van der Waals surface area (Å²) < 4.78 is 3.67. The van der Waals surface area contributed by atoms with Gasteiger partial charge < -0.3 is 4.57 Å². The summed E-state index contributed by atoms with van der Waals surface area (Å²) in [6.45, 7) is 17.8. The van der Waals surface area contributed by atoms with Gasteiger partial charge in [0.05, 0.1) is 0 Å². The first kappa shape index (κ1) is 25.7. The van der Waals surface area contributed by atoms with Crippen LogP contribution < -0.4 is 0 Å². The lowest BCUT2D eigenvalue weighted by atomic mass is 9.60. The van der Waals surface area contributed by atoms with Gasteiger partial charge in [-0.05, 0) is 77.2 Å². The second-order valence-electron chi connectivity index (χ2n) is 10.4. The summed E-state index contributed by atoms with van der Waals surface area (Å²) in [4.78, 5) is 4.67. The van der Waals surface area contributed by atoms with E-state index in [9.17, 15) is 0 Å². The number of rotatable bonds is 13. The molecule has 0 saturated carbocycles. The van der Waals surface area contributed by atoms with Crippen LogP contribution in [0.3, 0.4) is 0 Å². The Hall–Kier alpha value is -0.580. The molecule has 2 nitrogen and oxygen atoms in total. The Morgan fingerprint density at radius 1 is 0.867 bits per heavy atom. The van der Waals surface area contributed by atoms with Gasteiger partial charge in [0.25, 0.3) is 0 Å². The Labute approximate surface area is 199 Å². The minimum Gasteiger partial charge on any atom is -0.331 e. The lowest BCUT2D eigenvalue weighted by Crippen LogP contribution is -2.38. The van der Waals surface area contributed by atoms with Crippen molar-refractivity contribution in [2.75, 3.05) is 0 Å². The maximum atomic E-state index is 4.67. The third-order valence-corrected chi connectivity index (χ3v) is 8.40. The third-order valence-electron chi connectivity index (χ3n) is 7.54.